The number of carbonyl (C=O) groups excluding carboxylic acids is 1. The van der Waals surface area contributed by atoms with Gasteiger partial charge in [-0.05, 0) is 73.5 Å². The predicted octanol–water partition coefficient (Wildman–Crippen LogP) is 5.15. The number of para-hydroxylation sites is 1. The topological polar surface area (TPSA) is 50.4 Å². The number of hydrogen-bond donors (Lipinski definition) is 2. The van der Waals surface area contributed by atoms with E-state index in [1.165, 1.54) is 11.1 Å². The molecule has 0 aliphatic heterocycles. The van der Waals surface area contributed by atoms with Gasteiger partial charge in [0, 0.05) is 11.4 Å². The lowest BCUT2D eigenvalue weighted by atomic mass is 10.1. The lowest BCUT2D eigenvalue weighted by Crippen LogP contribution is -2.21. The van der Waals surface area contributed by atoms with E-state index in [-0.39, 0.29) is 12.5 Å². The molecule has 0 aromatic heterocycles. The van der Waals surface area contributed by atoms with Gasteiger partial charge in [-0.25, -0.2) is 0 Å². The lowest BCUT2D eigenvalue weighted by Gasteiger charge is -2.10. The number of aryl methyl sites for hydroxylation is 2. The third-order valence-electron chi connectivity index (χ3n) is 4.08. The minimum absolute atomic E-state index is 0.0973. The predicted molar refractivity (Wildman–Crippen MR) is 106 cm³/mol. The van der Waals surface area contributed by atoms with Gasteiger partial charge in [-0.1, -0.05) is 24.3 Å². The number of nitrogens with one attached hydrogen (secondary N) is 2. The van der Waals surface area contributed by atoms with Crippen molar-refractivity contribution >= 4 is 17.3 Å². The summed E-state index contributed by atoms with van der Waals surface area (Å²) in [5, 5.41) is 6.01. The third-order valence-corrected chi connectivity index (χ3v) is 4.08. The van der Waals surface area contributed by atoms with Crippen LogP contribution >= 0.6 is 0 Å². The fourth-order valence-electron chi connectivity index (χ4n) is 2.47. The van der Waals surface area contributed by atoms with E-state index in [4.69, 9.17) is 4.74 Å². The second-order valence-electron chi connectivity index (χ2n) is 6.14. The molecular formula is C22H22N2O2. The minimum atomic E-state index is -0.0973. The van der Waals surface area contributed by atoms with E-state index < -0.39 is 0 Å². The monoisotopic (exact) mass is 346 g/mol. The van der Waals surface area contributed by atoms with Gasteiger partial charge in [0.2, 0.25) is 5.91 Å². The van der Waals surface area contributed by atoms with Crippen molar-refractivity contribution in [2.75, 3.05) is 17.2 Å². The Bertz CT molecular complexity index is 874. The molecule has 26 heavy (non-hydrogen) atoms. The van der Waals surface area contributed by atoms with Crippen molar-refractivity contribution in [2.45, 2.75) is 13.8 Å². The molecular weight excluding hydrogens is 324 g/mol. The molecule has 0 unspecified atom stereocenters. The number of hydrogen-bond acceptors (Lipinski definition) is 3. The largest absolute Gasteiger partial charge is 0.457 e. The first-order valence-corrected chi connectivity index (χ1v) is 8.54. The standard InChI is InChI=1S/C22H22N2O2/c1-16-8-9-19(14-17(16)2)23-15-22(25)24-18-10-12-21(13-11-18)26-20-6-4-3-5-7-20/h3-14,23H,15H2,1-2H3,(H,24,25). The summed E-state index contributed by atoms with van der Waals surface area (Å²) in [5.74, 6) is 1.41. The highest BCUT2D eigenvalue weighted by Gasteiger charge is 2.04. The fraction of sp³-hybridized carbons (Fsp3) is 0.136. The van der Waals surface area contributed by atoms with Gasteiger partial charge in [0.1, 0.15) is 11.5 Å². The second-order valence-corrected chi connectivity index (χ2v) is 6.14. The van der Waals surface area contributed by atoms with Gasteiger partial charge in [0.25, 0.3) is 0 Å². The summed E-state index contributed by atoms with van der Waals surface area (Å²) in [5.41, 5.74) is 4.11. The average molecular weight is 346 g/mol. The maximum absolute atomic E-state index is 12.1. The van der Waals surface area contributed by atoms with E-state index in [0.29, 0.717) is 0 Å². The summed E-state index contributed by atoms with van der Waals surface area (Å²) in [7, 11) is 0. The van der Waals surface area contributed by atoms with E-state index >= 15 is 0 Å². The number of benzene rings is 3. The Labute approximate surface area is 153 Å². The third kappa shape index (κ3) is 4.86. The molecule has 0 aliphatic rings. The maximum Gasteiger partial charge on any atom is 0.243 e. The number of ether oxygens (including phenoxy) is 1. The molecule has 4 nitrogen and oxygen atoms in total. The summed E-state index contributed by atoms with van der Waals surface area (Å²) < 4.78 is 5.74. The molecule has 0 radical (unpaired) electrons. The summed E-state index contributed by atoms with van der Waals surface area (Å²) >= 11 is 0. The minimum Gasteiger partial charge on any atom is -0.457 e. The van der Waals surface area contributed by atoms with Crippen molar-refractivity contribution in [1.82, 2.24) is 0 Å². The quantitative estimate of drug-likeness (QED) is 0.649. The first-order chi connectivity index (χ1) is 12.6. The van der Waals surface area contributed by atoms with Gasteiger partial charge in [-0.15, -0.1) is 0 Å². The van der Waals surface area contributed by atoms with Gasteiger partial charge in [0.05, 0.1) is 6.54 Å². The van der Waals surface area contributed by atoms with Crippen LogP contribution < -0.4 is 15.4 Å². The van der Waals surface area contributed by atoms with Gasteiger partial charge in [-0.3, -0.25) is 4.79 Å². The Morgan fingerprint density at radius 2 is 1.46 bits per heavy atom. The number of rotatable bonds is 6. The van der Waals surface area contributed by atoms with Gasteiger partial charge in [0.15, 0.2) is 0 Å². The van der Waals surface area contributed by atoms with Crippen molar-refractivity contribution in [3.8, 4) is 11.5 Å². The van der Waals surface area contributed by atoms with Crippen LogP contribution in [0.25, 0.3) is 0 Å². The Kier molecular flexibility index (Phi) is 5.54. The lowest BCUT2D eigenvalue weighted by molar-refractivity contribution is -0.114. The van der Waals surface area contributed by atoms with Crippen molar-refractivity contribution in [3.05, 3.63) is 83.9 Å². The molecule has 2 N–H and O–H groups in total. The SMILES string of the molecule is Cc1ccc(NCC(=O)Nc2ccc(Oc3ccccc3)cc2)cc1C. The molecule has 0 heterocycles. The molecule has 3 rings (SSSR count). The van der Waals surface area contributed by atoms with Crippen molar-refractivity contribution in [1.29, 1.82) is 0 Å². The molecule has 4 heteroatoms. The summed E-state index contributed by atoms with van der Waals surface area (Å²) in [4.78, 5) is 12.1. The molecule has 0 fully saturated rings. The molecule has 3 aromatic carbocycles. The molecule has 0 aliphatic carbocycles. The Balaban J connectivity index is 1.51. The van der Waals surface area contributed by atoms with Crippen molar-refractivity contribution in [2.24, 2.45) is 0 Å². The number of anilines is 2. The zero-order chi connectivity index (χ0) is 18.4. The van der Waals surface area contributed by atoms with Gasteiger partial charge >= 0.3 is 0 Å². The van der Waals surface area contributed by atoms with E-state index in [1.807, 2.05) is 72.8 Å². The van der Waals surface area contributed by atoms with E-state index in [1.54, 1.807) is 0 Å². The van der Waals surface area contributed by atoms with Crippen LogP contribution in [0.15, 0.2) is 72.8 Å². The zero-order valence-electron chi connectivity index (χ0n) is 15.0. The molecule has 0 saturated heterocycles. The number of carbonyl (C=O) groups is 1. The van der Waals surface area contributed by atoms with E-state index in [0.717, 1.165) is 22.9 Å². The van der Waals surface area contributed by atoms with E-state index in [9.17, 15) is 4.79 Å². The first-order valence-electron chi connectivity index (χ1n) is 8.54. The highest BCUT2D eigenvalue weighted by atomic mass is 16.5. The molecule has 132 valence electrons. The molecule has 0 bridgehead atoms. The number of amides is 1. The van der Waals surface area contributed by atoms with Crippen molar-refractivity contribution < 1.29 is 9.53 Å². The maximum atomic E-state index is 12.1. The molecule has 0 atom stereocenters. The first kappa shape index (κ1) is 17.5. The summed E-state index contributed by atoms with van der Waals surface area (Å²) in [6.45, 7) is 4.33. The Morgan fingerprint density at radius 3 is 2.15 bits per heavy atom. The Morgan fingerprint density at radius 1 is 0.808 bits per heavy atom. The molecule has 1 amide bonds. The van der Waals surface area contributed by atoms with Crippen LogP contribution in [0.2, 0.25) is 0 Å². The molecule has 0 saturated carbocycles. The van der Waals surface area contributed by atoms with Crippen LogP contribution in [0.5, 0.6) is 11.5 Å². The summed E-state index contributed by atoms with van der Waals surface area (Å²) in [6, 6.07) is 23.0. The van der Waals surface area contributed by atoms with Crippen LogP contribution in [0.1, 0.15) is 11.1 Å². The van der Waals surface area contributed by atoms with Crippen LogP contribution in [0.3, 0.4) is 0 Å². The van der Waals surface area contributed by atoms with Crippen molar-refractivity contribution in [3.63, 3.8) is 0 Å². The normalized spacial score (nSPS) is 10.2. The second kappa shape index (κ2) is 8.21. The Hall–Kier alpha value is -3.27. The van der Waals surface area contributed by atoms with E-state index in [2.05, 4.69) is 24.5 Å². The highest BCUT2D eigenvalue weighted by Crippen LogP contribution is 2.22. The van der Waals surface area contributed by atoms with Crippen LogP contribution in [0.4, 0.5) is 11.4 Å². The summed E-state index contributed by atoms with van der Waals surface area (Å²) in [6.07, 6.45) is 0. The highest BCUT2D eigenvalue weighted by molar-refractivity contribution is 5.93. The molecule has 0 spiro atoms. The van der Waals surface area contributed by atoms with Crippen LogP contribution in [-0.4, -0.2) is 12.5 Å². The fourth-order valence-corrected chi connectivity index (χ4v) is 2.47. The van der Waals surface area contributed by atoms with Crippen LogP contribution in [-0.2, 0) is 4.79 Å². The van der Waals surface area contributed by atoms with Gasteiger partial charge in [-0.2, -0.15) is 0 Å². The zero-order valence-corrected chi connectivity index (χ0v) is 15.0. The average Bonchev–Trinajstić information content (AvgIpc) is 2.65. The van der Waals surface area contributed by atoms with Crippen LogP contribution in [0, 0.1) is 13.8 Å². The molecule has 3 aromatic rings. The van der Waals surface area contributed by atoms with Gasteiger partial charge < -0.3 is 15.4 Å². The smallest absolute Gasteiger partial charge is 0.243 e.